The molecular weight excluding hydrogens is 256 g/mol. The van der Waals surface area contributed by atoms with Gasteiger partial charge in [-0.05, 0) is 17.7 Å². The molecule has 6 nitrogen and oxygen atoms in total. The number of aliphatic imine (C=N–C) groups is 1. The van der Waals surface area contributed by atoms with Gasteiger partial charge in [-0.2, -0.15) is 13.4 Å². The normalized spacial score (nSPS) is 11.3. The minimum Gasteiger partial charge on any atom is -0.310 e. The Morgan fingerprint density at radius 3 is 2.61 bits per heavy atom. The van der Waals surface area contributed by atoms with Crippen molar-refractivity contribution in [2.75, 3.05) is 0 Å². The Morgan fingerprint density at radius 1 is 1.44 bits per heavy atom. The first kappa shape index (κ1) is 14.5. The maximum absolute atomic E-state index is 11.2. The lowest BCUT2D eigenvalue weighted by Gasteiger charge is -2.11. The summed E-state index contributed by atoms with van der Waals surface area (Å²) in [6, 6.07) is 4.29. The van der Waals surface area contributed by atoms with Gasteiger partial charge in [0.15, 0.2) is 0 Å². The summed E-state index contributed by atoms with van der Waals surface area (Å²) in [6.45, 7) is 4.12. The van der Waals surface area contributed by atoms with Gasteiger partial charge < -0.3 is 5.32 Å². The number of isocyanates is 1. The highest BCUT2D eigenvalue weighted by Gasteiger charge is 2.16. The summed E-state index contributed by atoms with van der Waals surface area (Å²) in [5, 5.41) is 3.04. The summed E-state index contributed by atoms with van der Waals surface area (Å²) in [5.74, 6) is 0. The summed E-state index contributed by atoms with van der Waals surface area (Å²) in [6.07, 6.45) is 1.32. The second-order valence-electron chi connectivity index (χ2n) is 4.01. The molecule has 0 saturated carbocycles. The zero-order chi connectivity index (χ0) is 13.8. The molecule has 1 rings (SSSR count). The molecule has 18 heavy (non-hydrogen) atoms. The molecule has 0 aliphatic carbocycles. The van der Waals surface area contributed by atoms with Gasteiger partial charge >= 0.3 is 0 Å². The molecule has 98 valence electrons. The molecule has 0 saturated heterocycles. The molecule has 0 aromatic heterocycles. The zero-order valence-corrected chi connectivity index (χ0v) is 10.9. The molecule has 0 aliphatic rings. The first-order chi connectivity index (χ1) is 8.34. The fourth-order valence-corrected chi connectivity index (χ4v) is 2.11. The van der Waals surface area contributed by atoms with Crippen LogP contribution in [0.1, 0.15) is 19.4 Å². The molecule has 2 N–H and O–H groups in total. The molecule has 0 aliphatic heterocycles. The number of benzene rings is 1. The number of hydrogen-bond acceptors (Lipinski definition) is 5. The van der Waals surface area contributed by atoms with Gasteiger partial charge in [0.2, 0.25) is 6.08 Å². The lowest BCUT2D eigenvalue weighted by atomic mass is 10.2. The van der Waals surface area contributed by atoms with Gasteiger partial charge in [-0.15, -0.1) is 0 Å². The molecule has 0 amide bonds. The van der Waals surface area contributed by atoms with Gasteiger partial charge in [-0.25, -0.2) is 4.79 Å². The molecule has 0 radical (unpaired) electrons. The Morgan fingerprint density at radius 2 is 2.11 bits per heavy atom. The summed E-state index contributed by atoms with van der Waals surface area (Å²) >= 11 is 0. The number of hydrogen-bond donors (Lipinski definition) is 2. The van der Waals surface area contributed by atoms with Gasteiger partial charge in [-0.1, -0.05) is 19.9 Å². The van der Waals surface area contributed by atoms with E-state index in [4.69, 9.17) is 4.55 Å². The quantitative estimate of drug-likeness (QED) is 0.479. The van der Waals surface area contributed by atoms with Crippen molar-refractivity contribution in [2.24, 2.45) is 4.99 Å². The third-order valence-electron chi connectivity index (χ3n) is 2.20. The molecule has 1 aromatic rings. The van der Waals surface area contributed by atoms with Crippen molar-refractivity contribution >= 4 is 21.9 Å². The average molecular weight is 270 g/mol. The lowest BCUT2D eigenvalue weighted by Crippen LogP contribution is -2.23. The Balaban J connectivity index is 3.21. The van der Waals surface area contributed by atoms with Crippen molar-refractivity contribution in [2.45, 2.75) is 31.3 Å². The maximum Gasteiger partial charge on any atom is 0.294 e. The highest BCUT2D eigenvalue weighted by Crippen LogP contribution is 2.22. The van der Waals surface area contributed by atoms with E-state index in [1.165, 1.54) is 18.2 Å². The molecule has 0 bridgehead atoms. The van der Waals surface area contributed by atoms with Crippen LogP contribution in [0.25, 0.3) is 0 Å². The van der Waals surface area contributed by atoms with E-state index >= 15 is 0 Å². The standard InChI is InChI=1S/C11H14N2O4S/c1-8(2)12-6-9-3-4-10(13-7-14)5-11(9)18(15,16)17/h3-5,8,12H,6H2,1-2H3,(H,15,16,17). The molecule has 0 heterocycles. The molecule has 0 spiro atoms. The van der Waals surface area contributed by atoms with Crippen molar-refractivity contribution in [1.82, 2.24) is 5.32 Å². The van der Waals surface area contributed by atoms with E-state index in [9.17, 15) is 13.2 Å². The number of nitrogens with zero attached hydrogens (tertiary/aromatic N) is 1. The van der Waals surface area contributed by atoms with Crippen LogP contribution in [0.4, 0.5) is 5.69 Å². The van der Waals surface area contributed by atoms with Crippen LogP contribution in [0.3, 0.4) is 0 Å². The average Bonchev–Trinajstić information content (AvgIpc) is 2.26. The Kier molecular flexibility index (Phi) is 4.75. The van der Waals surface area contributed by atoms with E-state index in [-0.39, 0.29) is 23.2 Å². The van der Waals surface area contributed by atoms with E-state index in [0.29, 0.717) is 5.56 Å². The SMILES string of the molecule is CC(C)NCc1ccc(N=C=O)cc1S(=O)(=O)O. The molecule has 0 fully saturated rings. The van der Waals surface area contributed by atoms with E-state index in [0.717, 1.165) is 6.07 Å². The number of carbonyl (C=O) groups excluding carboxylic acids is 1. The summed E-state index contributed by atoms with van der Waals surface area (Å²) in [7, 11) is -4.35. The van der Waals surface area contributed by atoms with Gasteiger partial charge in [0.25, 0.3) is 10.1 Å². The van der Waals surface area contributed by atoms with Crippen molar-refractivity contribution in [3.63, 3.8) is 0 Å². The van der Waals surface area contributed by atoms with Gasteiger partial charge in [0.05, 0.1) is 5.69 Å². The molecule has 0 unspecified atom stereocenters. The number of nitrogens with one attached hydrogen (secondary N) is 1. The van der Waals surface area contributed by atoms with E-state index in [1.807, 2.05) is 13.8 Å². The molecule has 1 aromatic carbocycles. The van der Waals surface area contributed by atoms with E-state index in [1.54, 1.807) is 0 Å². The van der Waals surface area contributed by atoms with Crippen LogP contribution in [-0.4, -0.2) is 25.1 Å². The maximum atomic E-state index is 11.2. The van der Waals surface area contributed by atoms with Crippen LogP contribution >= 0.6 is 0 Å². The summed E-state index contributed by atoms with van der Waals surface area (Å²) in [4.78, 5) is 13.2. The largest absolute Gasteiger partial charge is 0.310 e. The van der Waals surface area contributed by atoms with Crippen molar-refractivity contribution in [3.05, 3.63) is 23.8 Å². The summed E-state index contributed by atoms with van der Waals surface area (Å²) in [5.41, 5.74) is 0.543. The number of rotatable bonds is 5. The van der Waals surface area contributed by atoms with Crippen LogP contribution in [-0.2, 0) is 21.5 Å². The summed E-state index contributed by atoms with van der Waals surface area (Å²) < 4.78 is 31.6. The van der Waals surface area contributed by atoms with Crippen LogP contribution in [0.15, 0.2) is 28.1 Å². The predicted octanol–water partition coefficient (Wildman–Crippen LogP) is 1.40. The first-order valence-corrected chi connectivity index (χ1v) is 6.70. The Labute approximate surface area is 105 Å². The van der Waals surface area contributed by atoms with E-state index in [2.05, 4.69) is 10.3 Å². The van der Waals surface area contributed by atoms with Crippen LogP contribution in [0.2, 0.25) is 0 Å². The second kappa shape index (κ2) is 5.88. The third-order valence-corrected chi connectivity index (χ3v) is 3.14. The van der Waals surface area contributed by atoms with Gasteiger partial charge in [0.1, 0.15) is 4.90 Å². The third kappa shape index (κ3) is 4.05. The van der Waals surface area contributed by atoms with Gasteiger partial charge in [0, 0.05) is 12.6 Å². The molecule has 7 heteroatoms. The monoisotopic (exact) mass is 270 g/mol. The fourth-order valence-electron chi connectivity index (χ4n) is 1.37. The predicted molar refractivity (Wildman–Crippen MR) is 66.0 cm³/mol. The van der Waals surface area contributed by atoms with E-state index < -0.39 is 10.1 Å². The molecule has 0 atom stereocenters. The van der Waals surface area contributed by atoms with Crippen LogP contribution in [0.5, 0.6) is 0 Å². The minimum atomic E-state index is -4.35. The zero-order valence-electron chi connectivity index (χ0n) is 10.0. The minimum absolute atomic E-state index is 0.130. The van der Waals surface area contributed by atoms with Crippen LogP contribution in [0, 0.1) is 0 Å². The Hall–Kier alpha value is -1.53. The van der Waals surface area contributed by atoms with Crippen molar-refractivity contribution in [1.29, 1.82) is 0 Å². The smallest absolute Gasteiger partial charge is 0.294 e. The second-order valence-corrected chi connectivity index (χ2v) is 5.40. The Bertz CT molecular complexity index is 575. The van der Waals surface area contributed by atoms with Crippen LogP contribution < -0.4 is 5.32 Å². The fraction of sp³-hybridized carbons (Fsp3) is 0.364. The molecular formula is C11H14N2O4S. The van der Waals surface area contributed by atoms with Gasteiger partial charge in [-0.3, -0.25) is 4.55 Å². The van der Waals surface area contributed by atoms with Crippen molar-refractivity contribution < 1.29 is 17.8 Å². The lowest BCUT2D eigenvalue weighted by molar-refractivity contribution is 0.480. The first-order valence-electron chi connectivity index (χ1n) is 5.26. The highest BCUT2D eigenvalue weighted by molar-refractivity contribution is 7.85. The highest BCUT2D eigenvalue weighted by atomic mass is 32.2. The van der Waals surface area contributed by atoms with Crippen molar-refractivity contribution in [3.8, 4) is 0 Å². The topological polar surface area (TPSA) is 95.8 Å².